The molecule has 7 heteroatoms. The minimum absolute atomic E-state index is 0.128. The molecule has 0 N–H and O–H groups in total. The molecule has 0 nitrogen and oxygen atoms in total. The molecule has 0 atom stereocenters. The minimum Gasteiger partial charge on any atom is -0.247 e. The fraction of sp³-hybridized carbons (Fsp3) is 0.778. The van der Waals surface area contributed by atoms with E-state index in [2.05, 4.69) is 0 Å². The Morgan fingerprint density at radius 1 is 0.938 bits per heavy atom. The summed E-state index contributed by atoms with van der Waals surface area (Å²) in [6.07, 6.45) is -12.3. The Morgan fingerprint density at radius 3 is 1.62 bits per heavy atom. The van der Waals surface area contributed by atoms with Gasteiger partial charge >= 0.3 is 12.4 Å². The molecule has 0 unspecified atom stereocenters. The third-order valence-electron chi connectivity index (χ3n) is 2.15. The van der Waals surface area contributed by atoms with Crippen LogP contribution in [-0.2, 0) is 0 Å². The molecule has 0 saturated heterocycles. The summed E-state index contributed by atoms with van der Waals surface area (Å²) < 4.78 is 86.6. The van der Waals surface area contributed by atoms with Crippen molar-refractivity contribution < 1.29 is 30.7 Å². The van der Waals surface area contributed by atoms with Crippen molar-refractivity contribution in [3.63, 3.8) is 0 Å². The molecule has 0 aromatic heterocycles. The van der Waals surface area contributed by atoms with E-state index in [-0.39, 0.29) is 18.6 Å². The van der Waals surface area contributed by atoms with E-state index >= 15 is 0 Å². The molecular formula is C9H11F7. The van der Waals surface area contributed by atoms with Crippen molar-refractivity contribution >= 4 is 0 Å². The molecule has 0 aliphatic rings. The average molecular weight is 252 g/mol. The summed E-state index contributed by atoms with van der Waals surface area (Å²) in [4.78, 5) is 0. The highest BCUT2D eigenvalue weighted by atomic mass is 19.4. The average Bonchev–Trinajstić information content (AvgIpc) is 2.08. The normalized spacial score (nSPS) is 14.8. The van der Waals surface area contributed by atoms with Crippen LogP contribution < -0.4 is 0 Å². The molecule has 0 heterocycles. The van der Waals surface area contributed by atoms with Crippen LogP contribution in [0.4, 0.5) is 30.7 Å². The van der Waals surface area contributed by atoms with Crippen molar-refractivity contribution in [2.75, 3.05) is 6.67 Å². The first-order valence-electron chi connectivity index (χ1n) is 4.49. The lowest BCUT2D eigenvalue weighted by Crippen LogP contribution is -2.48. The Balaban J connectivity index is 5.50. The maximum atomic E-state index is 12.5. The zero-order valence-corrected chi connectivity index (χ0v) is 8.42. The predicted molar refractivity (Wildman–Crippen MR) is 44.6 cm³/mol. The molecule has 0 aliphatic heterocycles. The molecule has 0 bridgehead atoms. The number of alkyl halides is 7. The van der Waals surface area contributed by atoms with Gasteiger partial charge in [0.1, 0.15) is 6.67 Å². The van der Waals surface area contributed by atoms with Crippen molar-refractivity contribution in [1.29, 1.82) is 0 Å². The molecule has 0 spiro atoms. The maximum absolute atomic E-state index is 12.5. The van der Waals surface area contributed by atoms with E-state index in [0.29, 0.717) is 0 Å². The van der Waals surface area contributed by atoms with E-state index in [1.54, 1.807) is 0 Å². The van der Waals surface area contributed by atoms with Crippen LogP contribution in [0.3, 0.4) is 0 Å². The third kappa shape index (κ3) is 2.89. The molecule has 0 aromatic carbocycles. The zero-order chi connectivity index (χ0) is 13.0. The van der Waals surface area contributed by atoms with Gasteiger partial charge in [-0.05, 0) is 6.42 Å². The molecular weight excluding hydrogens is 241 g/mol. The van der Waals surface area contributed by atoms with Gasteiger partial charge in [0, 0.05) is 0 Å². The molecule has 0 radical (unpaired) electrons. The van der Waals surface area contributed by atoms with Gasteiger partial charge in [0.2, 0.25) is 0 Å². The fourth-order valence-electron chi connectivity index (χ4n) is 1.36. The first kappa shape index (κ1) is 15.2. The van der Waals surface area contributed by atoms with Gasteiger partial charge in [-0.1, -0.05) is 25.5 Å². The molecule has 96 valence electrons. The largest absolute Gasteiger partial charge is 0.406 e. The van der Waals surface area contributed by atoms with Gasteiger partial charge < -0.3 is 0 Å². The highest BCUT2D eigenvalue weighted by Crippen LogP contribution is 2.54. The summed E-state index contributed by atoms with van der Waals surface area (Å²) in [5, 5.41) is 0. The Kier molecular flexibility index (Phi) is 4.82. The zero-order valence-electron chi connectivity index (χ0n) is 8.42. The topological polar surface area (TPSA) is 0 Å². The second-order valence-corrected chi connectivity index (χ2v) is 3.27. The highest BCUT2D eigenvalue weighted by molar-refractivity contribution is 5.08. The quantitative estimate of drug-likeness (QED) is 0.513. The second kappa shape index (κ2) is 5.05. The van der Waals surface area contributed by atoms with Crippen LogP contribution in [0, 0.1) is 5.41 Å². The molecule has 0 saturated carbocycles. The first-order valence-corrected chi connectivity index (χ1v) is 4.49. The van der Waals surface area contributed by atoms with Crippen LogP contribution in [0.15, 0.2) is 12.2 Å². The van der Waals surface area contributed by atoms with Crippen LogP contribution in [0.25, 0.3) is 0 Å². The maximum Gasteiger partial charge on any atom is 0.406 e. The van der Waals surface area contributed by atoms with Crippen LogP contribution in [0.1, 0.15) is 19.8 Å². The van der Waals surface area contributed by atoms with Gasteiger partial charge in [-0.15, -0.1) is 0 Å². The molecule has 0 rings (SSSR count). The van der Waals surface area contributed by atoms with Gasteiger partial charge in [0.05, 0.1) is 0 Å². The van der Waals surface area contributed by atoms with Crippen molar-refractivity contribution in [2.24, 2.45) is 5.41 Å². The van der Waals surface area contributed by atoms with E-state index < -0.39 is 30.9 Å². The van der Waals surface area contributed by atoms with E-state index in [1.165, 1.54) is 6.92 Å². The smallest absolute Gasteiger partial charge is 0.247 e. The van der Waals surface area contributed by atoms with Gasteiger partial charge in [0.15, 0.2) is 5.41 Å². The molecule has 0 amide bonds. The number of hydrogen-bond donors (Lipinski definition) is 0. The monoisotopic (exact) mass is 252 g/mol. The number of allylic oxidation sites excluding steroid dienone is 2. The first-order chi connectivity index (χ1) is 7.12. The summed E-state index contributed by atoms with van der Waals surface area (Å²) in [6.45, 7) is -0.160. The van der Waals surface area contributed by atoms with Crippen LogP contribution in [0.2, 0.25) is 0 Å². The summed E-state index contributed by atoms with van der Waals surface area (Å²) in [5.41, 5.74) is -3.94. The highest BCUT2D eigenvalue weighted by Gasteiger charge is 2.68. The summed E-state index contributed by atoms with van der Waals surface area (Å²) in [7, 11) is 0. The number of hydrogen-bond acceptors (Lipinski definition) is 0. The van der Waals surface area contributed by atoms with Crippen molar-refractivity contribution in [2.45, 2.75) is 32.1 Å². The van der Waals surface area contributed by atoms with Gasteiger partial charge in [-0.25, -0.2) is 4.39 Å². The lowest BCUT2D eigenvalue weighted by atomic mass is 9.81. The van der Waals surface area contributed by atoms with Crippen LogP contribution >= 0.6 is 0 Å². The van der Waals surface area contributed by atoms with Gasteiger partial charge in [-0.2, -0.15) is 26.3 Å². The number of halogens is 7. The summed E-state index contributed by atoms with van der Waals surface area (Å²) >= 11 is 0. The Morgan fingerprint density at radius 2 is 1.38 bits per heavy atom. The predicted octanol–water partition coefficient (Wildman–Crippen LogP) is 4.42. The summed E-state index contributed by atoms with van der Waals surface area (Å²) in [6, 6.07) is 0. The summed E-state index contributed by atoms with van der Waals surface area (Å²) in [5.74, 6) is 0. The second-order valence-electron chi connectivity index (χ2n) is 3.27. The lowest BCUT2D eigenvalue weighted by molar-refractivity contribution is -0.323. The Labute approximate surface area is 88.1 Å². The SMILES string of the molecule is CCCC(C=CCF)(C(F)(F)F)C(F)(F)F. The molecule has 16 heavy (non-hydrogen) atoms. The van der Waals surface area contributed by atoms with Gasteiger partial charge in [0.25, 0.3) is 0 Å². The Bertz CT molecular complexity index is 221. The van der Waals surface area contributed by atoms with Crippen LogP contribution in [0.5, 0.6) is 0 Å². The molecule has 0 fully saturated rings. The van der Waals surface area contributed by atoms with Gasteiger partial charge in [-0.3, -0.25) is 0 Å². The fourth-order valence-corrected chi connectivity index (χ4v) is 1.36. The molecule has 0 aromatic rings. The van der Waals surface area contributed by atoms with Crippen molar-refractivity contribution in [1.82, 2.24) is 0 Å². The van der Waals surface area contributed by atoms with E-state index in [9.17, 15) is 30.7 Å². The third-order valence-corrected chi connectivity index (χ3v) is 2.15. The van der Waals surface area contributed by atoms with E-state index in [4.69, 9.17) is 0 Å². The lowest BCUT2D eigenvalue weighted by Gasteiger charge is -2.34. The Hall–Kier alpha value is -0.750. The van der Waals surface area contributed by atoms with Crippen molar-refractivity contribution in [3.8, 4) is 0 Å². The molecule has 0 aliphatic carbocycles. The van der Waals surface area contributed by atoms with Crippen LogP contribution in [-0.4, -0.2) is 19.0 Å². The minimum atomic E-state index is -5.48. The standard InChI is InChI=1S/C9H11F7/c1-2-4-7(5-3-6-10,8(11,12)13)9(14,15)16/h3,5H,2,4,6H2,1H3. The van der Waals surface area contributed by atoms with E-state index in [1.807, 2.05) is 0 Å². The van der Waals surface area contributed by atoms with Crippen molar-refractivity contribution in [3.05, 3.63) is 12.2 Å². The number of rotatable bonds is 4. The van der Waals surface area contributed by atoms with E-state index in [0.717, 1.165) is 0 Å².